The number of aromatic nitrogens is 1. The predicted molar refractivity (Wildman–Crippen MR) is 73.1 cm³/mol. The highest BCUT2D eigenvalue weighted by Crippen LogP contribution is 2.27. The van der Waals surface area contributed by atoms with E-state index in [0.717, 1.165) is 22.9 Å². The second-order valence-electron chi connectivity index (χ2n) is 4.42. The molecule has 96 valence electrons. The van der Waals surface area contributed by atoms with Crippen LogP contribution in [0.5, 0.6) is 0 Å². The van der Waals surface area contributed by atoms with Crippen molar-refractivity contribution in [1.29, 1.82) is 0 Å². The summed E-state index contributed by atoms with van der Waals surface area (Å²) in [6.07, 6.45) is 1.93. The average molecular weight is 245 g/mol. The monoisotopic (exact) mass is 245 g/mol. The summed E-state index contributed by atoms with van der Waals surface area (Å²) in [6.45, 7) is 4.02. The molecule has 0 atom stereocenters. The largest absolute Gasteiger partial charge is 0.396 e. The van der Waals surface area contributed by atoms with Gasteiger partial charge in [-0.25, -0.2) is 0 Å². The standard InChI is InChI=1S/C15H19NO2/c1-3-10-6-5-7-11-12(8-9-17)15(13(18)4-2)16-14(10)11/h5-7,16-17H,3-4,8-9H2,1-2H3. The van der Waals surface area contributed by atoms with Crippen LogP contribution in [0.4, 0.5) is 0 Å². The summed E-state index contributed by atoms with van der Waals surface area (Å²) in [7, 11) is 0. The number of aliphatic hydroxyl groups is 1. The number of aliphatic hydroxyl groups excluding tert-OH is 1. The number of ketones is 1. The summed E-state index contributed by atoms with van der Waals surface area (Å²) in [5.41, 5.74) is 3.87. The van der Waals surface area contributed by atoms with Crippen LogP contribution in [0.1, 0.15) is 41.9 Å². The van der Waals surface area contributed by atoms with Gasteiger partial charge in [0, 0.05) is 23.9 Å². The van der Waals surface area contributed by atoms with E-state index in [-0.39, 0.29) is 12.4 Å². The lowest BCUT2D eigenvalue weighted by Crippen LogP contribution is -2.03. The van der Waals surface area contributed by atoms with Crippen molar-refractivity contribution in [3.63, 3.8) is 0 Å². The Morgan fingerprint density at radius 2 is 2.11 bits per heavy atom. The maximum absolute atomic E-state index is 12.0. The SMILES string of the molecule is CCC(=O)c1[nH]c2c(CC)cccc2c1CCO. The second kappa shape index (κ2) is 5.36. The quantitative estimate of drug-likeness (QED) is 0.796. The normalized spacial score (nSPS) is 11.1. The van der Waals surface area contributed by atoms with Gasteiger partial charge in [0.15, 0.2) is 5.78 Å². The van der Waals surface area contributed by atoms with E-state index >= 15 is 0 Å². The number of fused-ring (bicyclic) bond motifs is 1. The number of benzene rings is 1. The highest BCUT2D eigenvalue weighted by molar-refractivity contribution is 6.02. The molecular weight excluding hydrogens is 226 g/mol. The van der Waals surface area contributed by atoms with Gasteiger partial charge in [-0.15, -0.1) is 0 Å². The number of hydrogen-bond acceptors (Lipinski definition) is 2. The van der Waals surface area contributed by atoms with Crippen LogP contribution in [-0.2, 0) is 12.8 Å². The Kier molecular flexibility index (Phi) is 3.82. The zero-order chi connectivity index (χ0) is 13.1. The summed E-state index contributed by atoms with van der Waals surface area (Å²) in [5, 5.41) is 10.2. The minimum Gasteiger partial charge on any atom is -0.396 e. The molecule has 1 aromatic heterocycles. The molecule has 0 amide bonds. The van der Waals surface area contributed by atoms with Crippen LogP contribution in [0.3, 0.4) is 0 Å². The maximum Gasteiger partial charge on any atom is 0.179 e. The Morgan fingerprint density at radius 1 is 1.33 bits per heavy atom. The summed E-state index contributed by atoms with van der Waals surface area (Å²) >= 11 is 0. The fourth-order valence-electron chi connectivity index (χ4n) is 2.42. The first-order chi connectivity index (χ1) is 8.72. The van der Waals surface area contributed by atoms with Gasteiger partial charge in [-0.05, 0) is 24.0 Å². The lowest BCUT2D eigenvalue weighted by molar-refractivity contribution is 0.0983. The number of Topliss-reactive ketones (excluding diaryl/α,β-unsaturated/α-hetero) is 1. The molecule has 2 rings (SSSR count). The van der Waals surface area contributed by atoms with E-state index < -0.39 is 0 Å². The third-order valence-corrected chi connectivity index (χ3v) is 3.37. The molecule has 0 fully saturated rings. The molecule has 1 aromatic carbocycles. The molecule has 0 aliphatic heterocycles. The van der Waals surface area contributed by atoms with Gasteiger partial charge in [-0.3, -0.25) is 4.79 Å². The summed E-state index contributed by atoms with van der Waals surface area (Å²) in [5.74, 6) is 0.108. The number of hydrogen-bond donors (Lipinski definition) is 2. The molecular formula is C15H19NO2. The molecule has 0 unspecified atom stereocenters. The van der Waals surface area contributed by atoms with Crippen molar-refractivity contribution in [2.24, 2.45) is 0 Å². The third kappa shape index (κ3) is 2.06. The van der Waals surface area contributed by atoms with Gasteiger partial charge < -0.3 is 10.1 Å². The van der Waals surface area contributed by atoms with Gasteiger partial charge in [0.25, 0.3) is 0 Å². The average Bonchev–Trinajstić information content (AvgIpc) is 2.77. The number of carbonyl (C=O) groups is 1. The molecule has 0 aliphatic carbocycles. The van der Waals surface area contributed by atoms with Crippen LogP contribution < -0.4 is 0 Å². The molecule has 2 aromatic rings. The third-order valence-electron chi connectivity index (χ3n) is 3.37. The number of carbonyl (C=O) groups excluding carboxylic acids is 1. The minimum atomic E-state index is 0.0628. The number of H-pyrrole nitrogens is 1. The van der Waals surface area contributed by atoms with Crippen LogP contribution in [-0.4, -0.2) is 22.5 Å². The Hall–Kier alpha value is -1.61. The van der Waals surface area contributed by atoms with Crippen LogP contribution in [0.2, 0.25) is 0 Å². The minimum absolute atomic E-state index is 0.0628. The molecule has 18 heavy (non-hydrogen) atoms. The summed E-state index contributed by atoms with van der Waals surface area (Å²) in [6, 6.07) is 6.10. The van der Waals surface area contributed by atoms with Gasteiger partial charge in [-0.1, -0.05) is 32.0 Å². The highest BCUT2D eigenvalue weighted by Gasteiger charge is 2.17. The molecule has 3 heteroatoms. The van der Waals surface area contributed by atoms with Gasteiger partial charge >= 0.3 is 0 Å². The van der Waals surface area contributed by atoms with Crippen molar-refractivity contribution in [2.45, 2.75) is 33.1 Å². The van der Waals surface area contributed by atoms with Gasteiger partial charge in [0.2, 0.25) is 0 Å². The van der Waals surface area contributed by atoms with Crippen molar-refractivity contribution in [3.05, 3.63) is 35.0 Å². The van der Waals surface area contributed by atoms with E-state index in [9.17, 15) is 9.90 Å². The van der Waals surface area contributed by atoms with E-state index in [0.29, 0.717) is 18.5 Å². The molecule has 3 nitrogen and oxygen atoms in total. The van der Waals surface area contributed by atoms with Crippen LogP contribution in [0.15, 0.2) is 18.2 Å². The van der Waals surface area contributed by atoms with E-state index in [4.69, 9.17) is 0 Å². The van der Waals surface area contributed by atoms with Crippen molar-refractivity contribution in [3.8, 4) is 0 Å². The first-order valence-electron chi connectivity index (χ1n) is 6.49. The number of aromatic amines is 1. The summed E-state index contributed by atoms with van der Waals surface area (Å²) < 4.78 is 0. The molecule has 2 N–H and O–H groups in total. The van der Waals surface area contributed by atoms with Crippen LogP contribution >= 0.6 is 0 Å². The Balaban J connectivity index is 2.69. The van der Waals surface area contributed by atoms with E-state index in [1.165, 1.54) is 5.56 Å². The second-order valence-corrected chi connectivity index (χ2v) is 4.42. The molecule has 0 saturated heterocycles. The molecule has 0 aliphatic rings. The lowest BCUT2D eigenvalue weighted by Gasteiger charge is -2.01. The Labute approximate surface area is 107 Å². The topological polar surface area (TPSA) is 53.1 Å². The first kappa shape index (κ1) is 12.8. The van der Waals surface area contributed by atoms with Crippen LogP contribution in [0.25, 0.3) is 10.9 Å². The van der Waals surface area contributed by atoms with Crippen molar-refractivity contribution in [1.82, 2.24) is 4.98 Å². The van der Waals surface area contributed by atoms with Crippen molar-refractivity contribution >= 4 is 16.7 Å². The molecule has 1 heterocycles. The van der Waals surface area contributed by atoms with E-state index in [2.05, 4.69) is 18.0 Å². The molecule has 0 spiro atoms. The number of nitrogens with one attached hydrogen (secondary N) is 1. The maximum atomic E-state index is 12.0. The highest BCUT2D eigenvalue weighted by atomic mass is 16.3. The lowest BCUT2D eigenvalue weighted by atomic mass is 10.0. The zero-order valence-electron chi connectivity index (χ0n) is 10.9. The fraction of sp³-hybridized carbons (Fsp3) is 0.400. The Bertz CT molecular complexity index is 569. The molecule has 0 radical (unpaired) electrons. The fourth-order valence-corrected chi connectivity index (χ4v) is 2.42. The van der Waals surface area contributed by atoms with Crippen molar-refractivity contribution < 1.29 is 9.90 Å². The smallest absolute Gasteiger partial charge is 0.179 e. The molecule has 0 bridgehead atoms. The predicted octanol–water partition coefficient (Wildman–Crippen LogP) is 2.86. The molecule has 0 saturated carbocycles. The number of aryl methyl sites for hydroxylation is 1. The first-order valence-corrected chi connectivity index (χ1v) is 6.49. The van der Waals surface area contributed by atoms with Crippen molar-refractivity contribution in [2.75, 3.05) is 6.61 Å². The van der Waals surface area contributed by atoms with E-state index in [1.54, 1.807) is 0 Å². The Morgan fingerprint density at radius 3 is 2.72 bits per heavy atom. The van der Waals surface area contributed by atoms with Crippen LogP contribution in [0, 0.1) is 0 Å². The number of rotatable bonds is 5. The van der Waals surface area contributed by atoms with Gasteiger partial charge in [0.1, 0.15) is 0 Å². The zero-order valence-corrected chi connectivity index (χ0v) is 10.9. The number of para-hydroxylation sites is 1. The summed E-state index contributed by atoms with van der Waals surface area (Å²) in [4.78, 5) is 15.2. The van der Waals surface area contributed by atoms with Gasteiger partial charge in [0.05, 0.1) is 5.69 Å². The van der Waals surface area contributed by atoms with Gasteiger partial charge in [-0.2, -0.15) is 0 Å². The van der Waals surface area contributed by atoms with E-state index in [1.807, 2.05) is 19.1 Å².